The first-order valence-electron chi connectivity index (χ1n) is 12.8. The lowest BCUT2D eigenvalue weighted by molar-refractivity contribution is 0.206. The predicted molar refractivity (Wildman–Crippen MR) is 142 cm³/mol. The third-order valence-corrected chi connectivity index (χ3v) is 8.19. The van der Waals surface area contributed by atoms with Crippen LogP contribution in [0.25, 0.3) is 0 Å². The van der Waals surface area contributed by atoms with E-state index in [2.05, 4.69) is 104 Å². The molecule has 0 spiro atoms. The Morgan fingerprint density at radius 3 is 2.12 bits per heavy atom. The van der Waals surface area contributed by atoms with Gasteiger partial charge >= 0.3 is 0 Å². The Hall–Kier alpha value is -1.82. The topological polar surface area (TPSA) is 0 Å². The molecular weight excluding hydrogens is 384 g/mol. The molecule has 174 valence electrons. The molecule has 0 aromatic heterocycles. The molecule has 32 heavy (non-hydrogen) atoms. The molecule has 0 aliphatic heterocycles. The van der Waals surface area contributed by atoms with E-state index in [9.17, 15) is 0 Å². The van der Waals surface area contributed by atoms with Gasteiger partial charge in [0.2, 0.25) is 0 Å². The van der Waals surface area contributed by atoms with Crippen LogP contribution in [0.1, 0.15) is 105 Å². The summed E-state index contributed by atoms with van der Waals surface area (Å²) in [6, 6.07) is 9.33. The molecule has 1 fully saturated rings. The monoisotopic (exact) mass is 430 g/mol. The van der Waals surface area contributed by atoms with E-state index in [0.717, 1.165) is 12.8 Å². The highest BCUT2D eigenvalue weighted by atomic mass is 14.5. The van der Waals surface area contributed by atoms with E-state index >= 15 is 0 Å². The number of fused-ring (bicyclic) bond motifs is 1. The first-order chi connectivity index (χ1) is 14.9. The van der Waals surface area contributed by atoms with E-state index in [1.165, 1.54) is 48.0 Å². The zero-order chi connectivity index (χ0) is 23.7. The van der Waals surface area contributed by atoms with Gasteiger partial charge in [-0.2, -0.15) is 0 Å². The highest BCUT2D eigenvalue weighted by molar-refractivity contribution is 5.51. The van der Waals surface area contributed by atoms with Crippen LogP contribution >= 0.6 is 0 Å². The molecule has 0 heteroatoms. The molecule has 0 amide bonds. The summed E-state index contributed by atoms with van der Waals surface area (Å²) in [5.74, 6) is 0.533. The molecule has 3 rings (SSSR count). The molecule has 1 aromatic carbocycles. The molecular formula is C32H46. The van der Waals surface area contributed by atoms with Crippen LogP contribution in [0.3, 0.4) is 0 Å². The van der Waals surface area contributed by atoms with Crippen molar-refractivity contribution in [3.63, 3.8) is 0 Å². The Balaban J connectivity index is 1.95. The number of benzene rings is 1. The van der Waals surface area contributed by atoms with Crippen molar-refractivity contribution in [3.05, 3.63) is 82.5 Å². The summed E-state index contributed by atoms with van der Waals surface area (Å²) in [7, 11) is 0. The van der Waals surface area contributed by atoms with Crippen LogP contribution in [0.4, 0.5) is 0 Å². The quantitative estimate of drug-likeness (QED) is 0.378. The van der Waals surface area contributed by atoms with Gasteiger partial charge in [0.25, 0.3) is 0 Å². The van der Waals surface area contributed by atoms with Gasteiger partial charge in [-0.05, 0) is 90.0 Å². The zero-order valence-corrected chi connectivity index (χ0v) is 22.1. The van der Waals surface area contributed by atoms with Crippen LogP contribution < -0.4 is 0 Å². The second-order valence-electron chi connectivity index (χ2n) is 12.0. The predicted octanol–water partition coefficient (Wildman–Crippen LogP) is 9.74. The second kappa shape index (κ2) is 9.20. The average Bonchev–Trinajstić information content (AvgIpc) is 2.85. The molecule has 0 heterocycles. The van der Waals surface area contributed by atoms with E-state index in [4.69, 9.17) is 0 Å². The maximum atomic E-state index is 4.09. The van der Waals surface area contributed by atoms with Crippen molar-refractivity contribution in [2.45, 2.75) is 99.8 Å². The second-order valence-corrected chi connectivity index (χ2v) is 12.0. The Bertz CT molecular complexity index is 923. The summed E-state index contributed by atoms with van der Waals surface area (Å²) in [5.41, 5.74) is 9.42. The molecule has 0 saturated heterocycles. The van der Waals surface area contributed by atoms with Crippen LogP contribution in [0, 0.1) is 16.2 Å². The van der Waals surface area contributed by atoms with Gasteiger partial charge in [-0.1, -0.05) is 96.5 Å². The van der Waals surface area contributed by atoms with Crippen molar-refractivity contribution in [2.75, 3.05) is 0 Å². The summed E-state index contributed by atoms with van der Waals surface area (Å²) in [6.07, 6.45) is 14.8. The number of hydrogen-bond donors (Lipinski definition) is 0. The summed E-state index contributed by atoms with van der Waals surface area (Å²) < 4.78 is 0. The van der Waals surface area contributed by atoms with Crippen LogP contribution in [-0.2, 0) is 6.42 Å². The van der Waals surface area contributed by atoms with Crippen LogP contribution in [0.2, 0.25) is 0 Å². The number of allylic oxidation sites excluding steroid dienone is 7. The maximum absolute atomic E-state index is 4.09. The number of hydrogen-bond acceptors (Lipinski definition) is 0. The minimum atomic E-state index is 0.0713. The number of rotatable bonds is 7. The third-order valence-electron chi connectivity index (χ3n) is 8.19. The van der Waals surface area contributed by atoms with Gasteiger partial charge in [-0.25, -0.2) is 0 Å². The lowest BCUT2D eigenvalue weighted by Gasteiger charge is -2.48. The molecule has 2 aliphatic rings. The molecule has 0 bridgehead atoms. The van der Waals surface area contributed by atoms with Crippen LogP contribution in [-0.4, -0.2) is 0 Å². The minimum absolute atomic E-state index is 0.0713. The lowest BCUT2D eigenvalue weighted by atomic mass is 9.57. The van der Waals surface area contributed by atoms with Gasteiger partial charge in [0, 0.05) is 5.41 Å². The van der Waals surface area contributed by atoms with Crippen molar-refractivity contribution in [3.8, 4) is 0 Å². The zero-order valence-electron chi connectivity index (χ0n) is 22.1. The van der Waals surface area contributed by atoms with Gasteiger partial charge in [0.1, 0.15) is 0 Å². The van der Waals surface area contributed by atoms with Crippen molar-refractivity contribution < 1.29 is 0 Å². The standard InChI is InChI=1S/C32H46/c1-10-32(11-2)17-16-31(8,9)28-20-26(21-30(6,7)22-29(28)32)19-25-12-14-27(15-13-25)24(5)18-23(3)4/h12-15,20-22,24H,3,10-11,16-19H2,1-2,4-9H3. The van der Waals surface area contributed by atoms with Gasteiger partial charge in [-0.3, -0.25) is 0 Å². The molecule has 0 N–H and O–H groups in total. The molecule has 1 atom stereocenters. The summed E-state index contributed by atoms with van der Waals surface area (Å²) in [4.78, 5) is 0. The summed E-state index contributed by atoms with van der Waals surface area (Å²) in [6.45, 7) is 23.0. The van der Waals surface area contributed by atoms with Crippen LogP contribution in [0.15, 0.2) is 71.4 Å². The SMILES string of the molecule is C=C(C)CC(C)c1ccc(CC2=CC(C)(C)C=C3C(=C2)C(C)(C)CCC3(CC)CC)cc1. The van der Waals surface area contributed by atoms with Gasteiger partial charge in [0.15, 0.2) is 0 Å². The highest BCUT2D eigenvalue weighted by Crippen LogP contribution is 2.57. The van der Waals surface area contributed by atoms with E-state index < -0.39 is 0 Å². The van der Waals surface area contributed by atoms with Crippen molar-refractivity contribution in [1.82, 2.24) is 0 Å². The summed E-state index contributed by atoms with van der Waals surface area (Å²) >= 11 is 0. The normalized spacial score (nSPS) is 22.1. The third kappa shape index (κ3) is 5.22. The minimum Gasteiger partial charge on any atom is -0.100 e. The molecule has 0 nitrogen and oxygen atoms in total. The Labute approximate surface area is 198 Å². The van der Waals surface area contributed by atoms with Gasteiger partial charge in [0.05, 0.1) is 0 Å². The Morgan fingerprint density at radius 2 is 1.56 bits per heavy atom. The largest absolute Gasteiger partial charge is 0.100 e. The van der Waals surface area contributed by atoms with Crippen molar-refractivity contribution in [1.29, 1.82) is 0 Å². The lowest BCUT2D eigenvalue weighted by Crippen LogP contribution is -2.35. The van der Waals surface area contributed by atoms with Gasteiger partial charge < -0.3 is 0 Å². The highest BCUT2D eigenvalue weighted by Gasteiger charge is 2.44. The van der Waals surface area contributed by atoms with Crippen molar-refractivity contribution >= 4 is 0 Å². The maximum Gasteiger partial charge on any atom is 0.00165 e. The molecule has 2 aliphatic carbocycles. The smallest absolute Gasteiger partial charge is 0.00165 e. The molecule has 0 radical (unpaired) electrons. The van der Waals surface area contributed by atoms with E-state index in [1.807, 2.05) is 0 Å². The van der Waals surface area contributed by atoms with E-state index in [-0.39, 0.29) is 10.8 Å². The first-order valence-corrected chi connectivity index (χ1v) is 12.8. The fourth-order valence-corrected chi connectivity index (χ4v) is 6.02. The van der Waals surface area contributed by atoms with E-state index in [1.54, 1.807) is 11.1 Å². The van der Waals surface area contributed by atoms with Crippen LogP contribution in [0.5, 0.6) is 0 Å². The molecule has 1 aromatic rings. The summed E-state index contributed by atoms with van der Waals surface area (Å²) in [5, 5.41) is 0. The fraction of sp³-hybridized carbons (Fsp3) is 0.562. The van der Waals surface area contributed by atoms with Gasteiger partial charge in [-0.15, -0.1) is 6.58 Å². The Kier molecular flexibility index (Phi) is 7.14. The fourth-order valence-electron chi connectivity index (χ4n) is 6.02. The van der Waals surface area contributed by atoms with E-state index in [0.29, 0.717) is 11.3 Å². The molecule has 1 unspecified atom stereocenters. The Morgan fingerprint density at radius 1 is 0.938 bits per heavy atom. The average molecular weight is 431 g/mol. The molecule has 1 saturated carbocycles. The first kappa shape index (κ1) is 24.8. The van der Waals surface area contributed by atoms with Crippen molar-refractivity contribution in [2.24, 2.45) is 16.2 Å².